The van der Waals surface area contributed by atoms with Gasteiger partial charge in [0.15, 0.2) is 9.84 Å². The largest absolute Gasteiger partial charge is 0.375 e. The summed E-state index contributed by atoms with van der Waals surface area (Å²) in [4.78, 5) is 26.8. The highest BCUT2D eigenvalue weighted by atomic mass is 35.5. The van der Waals surface area contributed by atoms with Crippen molar-refractivity contribution in [1.29, 1.82) is 0 Å². The molecule has 0 aliphatic carbocycles. The second-order valence-corrected chi connectivity index (χ2v) is 9.73. The average molecular weight is 414 g/mol. The number of rotatable bonds is 5. The van der Waals surface area contributed by atoms with Crippen LogP contribution in [0.3, 0.4) is 0 Å². The summed E-state index contributed by atoms with van der Waals surface area (Å²) in [6, 6.07) is 4.61. The molecule has 0 radical (unpaired) electrons. The molecule has 148 valence electrons. The first-order valence-electron chi connectivity index (χ1n) is 9.16. The molecule has 2 saturated heterocycles. The Labute approximate surface area is 164 Å². The fraction of sp³-hybridized carbons (Fsp3) is 0.556. The molecule has 7 nitrogen and oxygen atoms in total. The lowest BCUT2D eigenvalue weighted by atomic mass is 10.1. The highest BCUT2D eigenvalue weighted by Gasteiger charge is 2.29. The number of hydrogen-bond donors (Lipinski definition) is 2. The molecule has 2 amide bonds. The van der Waals surface area contributed by atoms with E-state index in [0.717, 1.165) is 32.4 Å². The van der Waals surface area contributed by atoms with Crippen molar-refractivity contribution in [3.05, 3.63) is 28.8 Å². The number of likely N-dealkylation sites (tertiary alicyclic amines) is 1. The summed E-state index contributed by atoms with van der Waals surface area (Å²) in [7, 11) is -3.05. The predicted molar refractivity (Wildman–Crippen MR) is 105 cm³/mol. The van der Waals surface area contributed by atoms with Crippen LogP contribution in [0.5, 0.6) is 0 Å². The highest BCUT2D eigenvalue weighted by molar-refractivity contribution is 7.91. The Morgan fingerprint density at radius 2 is 1.93 bits per heavy atom. The van der Waals surface area contributed by atoms with E-state index in [4.69, 9.17) is 11.6 Å². The van der Waals surface area contributed by atoms with Crippen LogP contribution in [0.4, 0.5) is 5.69 Å². The van der Waals surface area contributed by atoms with Crippen molar-refractivity contribution in [2.45, 2.75) is 31.7 Å². The highest BCUT2D eigenvalue weighted by Crippen LogP contribution is 2.24. The van der Waals surface area contributed by atoms with E-state index in [1.54, 1.807) is 18.2 Å². The minimum Gasteiger partial charge on any atom is -0.375 e. The number of carbonyl (C=O) groups excluding carboxylic acids is 2. The first kappa shape index (κ1) is 19.9. The Morgan fingerprint density at radius 1 is 1.19 bits per heavy atom. The van der Waals surface area contributed by atoms with Crippen LogP contribution < -0.4 is 10.6 Å². The molecule has 0 saturated carbocycles. The molecule has 27 heavy (non-hydrogen) atoms. The van der Waals surface area contributed by atoms with Gasteiger partial charge in [0.1, 0.15) is 0 Å². The quantitative estimate of drug-likeness (QED) is 0.765. The maximum absolute atomic E-state index is 12.8. The Hall–Kier alpha value is -1.80. The molecule has 3 rings (SSSR count). The van der Waals surface area contributed by atoms with Crippen LogP contribution in [0.2, 0.25) is 5.02 Å². The lowest BCUT2D eigenvalue weighted by Crippen LogP contribution is -2.39. The van der Waals surface area contributed by atoms with Gasteiger partial charge in [-0.2, -0.15) is 0 Å². The normalized spacial score (nSPS) is 21.7. The zero-order valence-corrected chi connectivity index (χ0v) is 16.6. The zero-order valence-electron chi connectivity index (χ0n) is 15.0. The van der Waals surface area contributed by atoms with E-state index in [1.807, 2.05) is 4.90 Å². The predicted octanol–water partition coefficient (Wildman–Crippen LogP) is 1.68. The maximum atomic E-state index is 12.8. The molecule has 0 spiro atoms. The Kier molecular flexibility index (Phi) is 6.26. The number of nitrogens with one attached hydrogen (secondary N) is 2. The standard InChI is InChI=1S/C18H24ClN3O4S/c19-13-4-5-15(18(24)22-7-2-1-3-8-22)16(10-13)20-11-17(23)21-14-6-9-27(25,26)12-14/h4-5,10,14,20H,1-3,6-9,11-12H2,(H,21,23). The van der Waals surface area contributed by atoms with Crippen molar-refractivity contribution in [2.75, 3.05) is 36.5 Å². The second-order valence-electron chi connectivity index (χ2n) is 7.06. The molecule has 9 heteroatoms. The van der Waals surface area contributed by atoms with Crippen molar-refractivity contribution in [3.8, 4) is 0 Å². The van der Waals surface area contributed by atoms with Gasteiger partial charge < -0.3 is 15.5 Å². The van der Waals surface area contributed by atoms with E-state index >= 15 is 0 Å². The third-order valence-corrected chi connectivity index (χ3v) is 6.90. The lowest BCUT2D eigenvalue weighted by molar-refractivity contribution is -0.119. The van der Waals surface area contributed by atoms with E-state index in [1.165, 1.54) is 0 Å². The molecule has 0 bridgehead atoms. The molecule has 2 aliphatic heterocycles. The summed E-state index contributed by atoms with van der Waals surface area (Å²) >= 11 is 6.06. The number of amides is 2. The van der Waals surface area contributed by atoms with Crippen LogP contribution >= 0.6 is 11.6 Å². The SMILES string of the molecule is O=C(CNc1cc(Cl)ccc1C(=O)N1CCCCC1)NC1CCS(=O)(=O)C1. The van der Waals surface area contributed by atoms with Gasteiger partial charge in [-0.1, -0.05) is 11.6 Å². The van der Waals surface area contributed by atoms with Crippen molar-refractivity contribution >= 4 is 38.9 Å². The first-order chi connectivity index (χ1) is 12.8. The molecular weight excluding hydrogens is 390 g/mol. The number of nitrogens with zero attached hydrogens (tertiary/aromatic N) is 1. The maximum Gasteiger partial charge on any atom is 0.255 e. The van der Waals surface area contributed by atoms with E-state index in [2.05, 4.69) is 10.6 Å². The van der Waals surface area contributed by atoms with Gasteiger partial charge in [0.05, 0.1) is 23.6 Å². The third-order valence-electron chi connectivity index (χ3n) is 4.89. The number of anilines is 1. The Bertz CT molecular complexity index is 822. The minimum atomic E-state index is -3.05. The molecule has 1 aromatic rings. The van der Waals surface area contributed by atoms with Crippen molar-refractivity contribution < 1.29 is 18.0 Å². The number of benzene rings is 1. The molecule has 1 atom stereocenters. The van der Waals surface area contributed by atoms with Crippen LogP contribution in [0.15, 0.2) is 18.2 Å². The number of sulfone groups is 1. The molecule has 2 aliphatic rings. The fourth-order valence-corrected chi connectivity index (χ4v) is 5.33. The van der Waals surface area contributed by atoms with E-state index in [-0.39, 0.29) is 35.9 Å². The van der Waals surface area contributed by atoms with Gasteiger partial charge in [-0.3, -0.25) is 9.59 Å². The molecule has 2 N–H and O–H groups in total. The second kappa shape index (κ2) is 8.48. The summed E-state index contributed by atoms with van der Waals surface area (Å²) in [6.07, 6.45) is 3.56. The van der Waals surface area contributed by atoms with Gasteiger partial charge in [-0.15, -0.1) is 0 Å². The van der Waals surface area contributed by atoms with Gasteiger partial charge in [-0.25, -0.2) is 8.42 Å². The molecule has 1 aromatic carbocycles. The Morgan fingerprint density at radius 3 is 2.59 bits per heavy atom. The van der Waals surface area contributed by atoms with Gasteiger partial charge >= 0.3 is 0 Å². The number of carbonyl (C=O) groups is 2. The molecule has 2 fully saturated rings. The monoisotopic (exact) mass is 413 g/mol. The van der Waals surface area contributed by atoms with Crippen molar-refractivity contribution in [1.82, 2.24) is 10.2 Å². The molecule has 1 unspecified atom stereocenters. The average Bonchev–Trinajstić information content (AvgIpc) is 2.98. The van der Waals surface area contributed by atoms with Gasteiger partial charge in [-0.05, 0) is 43.9 Å². The van der Waals surface area contributed by atoms with Crippen LogP contribution in [0, 0.1) is 0 Å². The van der Waals surface area contributed by atoms with E-state index in [0.29, 0.717) is 22.7 Å². The zero-order chi connectivity index (χ0) is 19.4. The number of hydrogen-bond acceptors (Lipinski definition) is 5. The molecule has 2 heterocycles. The van der Waals surface area contributed by atoms with E-state index < -0.39 is 9.84 Å². The summed E-state index contributed by atoms with van der Waals surface area (Å²) in [5, 5.41) is 6.17. The van der Waals surface area contributed by atoms with Crippen LogP contribution in [0.1, 0.15) is 36.0 Å². The molecular formula is C18H24ClN3O4S. The topological polar surface area (TPSA) is 95.6 Å². The van der Waals surface area contributed by atoms with Crippen LogP contribution in [0.25, 0.3) is 0 Å². The van der Waals surface area contributed by atoms with Crippen LogP contribution in [-0.2, 0) is 14.6 Å². The number of piperidine rings is 1. The summed E-state index contributed by atoms with van der Waals surface area (Å²) in [5.74, 6) is -0.299. The van der Waals surface area contributed by atoms with Gasteiger partial charge in [0.2, 0.25) is 5.91 Å². The summed E-state index contributed by atoms with van der Waals surface area (Å²) in [6.45, 7) is 1.41. The van der Waals surface area contributed by atoms with E-state index in [9.17, 15) is 18.0 Å². The van der Waals surface area contributed by atoms with Crippen molar-refractivity contribution in [2.24, 2.45) is 0 Å². The fourth-order valence-electron chi connectivity index (χ4n) is 3.48. The lowest BCUT2D eigenvalue weighted by Gasteiger charge is -2.27. The minimum absolute atomic E-state index is 0.0192. The first-order valence-corrected chi connectivity index (χ1v) is 11.4. The number of halogens is 1. The third kappa shape index (κ3) is 5.35. The van der Waals surface area contributed by atoms with Gasteiger partial charge in [0, 0.05) is 29.8 Å². The van der Waals surface area contributed by atoms with Gasteiger partial charge in [0.25, 0.3) is 5.91 Å². The smallest absolute Gasteiger partial charge is 0.255 e. The summed E-state index contributed by atoms with van der Waals surface area (Å²) in [5.41, 5.74) is 0.991. The molecule has 0 aromatic heterocycles. The Balaban J connectivity index is 1.63. The van der Waals surface area contributed by atoms with Crippen molar-refractivity contribution in [3.63, 3.8) is 0 Å². The van der Waals surface area contributed by atoms with Crippen LogP contribution in [-0.4, -0.2) is 62.3 Å². The summed E-state index contributed by atoms with van der Waals surface area (Å²) < 4.78 is 23.0.